The molecule has 21 heavy (non-hydrogen) atoms. The third kappa shape index (κ3) is 4.11. The van der Waals surface area contributed by atoms with E-state index in [0.29, 0.717) is 23.1 Å². The molecule has 0 saturated heterocycles. The van der Waals surface area contributed by atoms with Gasteiger partial charge in [0.05, 0.1) is 18.3 Å². The van der Waals surface area contributed by atoms with E-state index in [4.69, 9.17) is 5.11 Å². The molecule has 0 saturated carbocycles. The third-order valence-electron chi connectivity index (χ3n) is 2.56. The standard InChI is InChI=1S/C12H10Br2N4O3/c13-7-1-2-9(14)8(5-7)11(19)15-3-4-18-6-10(12(20)21)16-17-18/h1-2,5-6H,3-4H2,(H,15,19)(H,20,21). The molecular formula is C12H10Br2N4O3. The van der Waals surface area contributed by atoms with Crippen LogP contribution in [0.1, 0.15) is 20.8 Å². The Kier molecular flexibility index (Phi) is 5.07. The van der Waals surface area contributed by atoms with Crippen LogP contribution in [0.3, 0.4) is 0 Å². The second-order valence-electron chi connectivity index (χ2n) is 4.05. The minimum atomic E-state index is -1.14. The van der Waals surface area contributed by atoms with Crippen LogP contribution in [-0.4, -0.2) is 38.5 Å². The van der Waals surface area contributed by atoms with Crippen molar-refractivity contribution in [2.24, 2.45) is 0 Å². The van der Waals surface area contributed by atoms with Gasteiger partial charge in [-0.05, 0) is 34.1 Å². The van der Waals surface area contributed by atoms with Gasteiger partial charge in [0.25, 0.3) is 5.91 Å². The smallest absolute Gasteiger partial charge is 0.358 e. The maximum absolute atomic E-state index is 12.0. The second-order valence-corrected chi connectivity index (χ2v) is 5.82. The second kappa shape index (κ2) is 6.81. The zero-order valence-corrected chi connectivity index (χ0v) is 13.8. The Bertz CT molecular complexity index is 687. The fourth-order valence-electron chi connectivity index (χ4n) is 1.56. The number of carboxylic acid groups (broad SMARTS) is 1. The maximum Gasteiger partial charge on any atom is 0.358 e. The number of carboxylic acids is 1. The number of rotatable bonds is 5. The minimum Gasteiger partial charge on any atom is -0.476 e. The van der Waals surface area contributed by atoms with Crippen LogP contribution in [0.4, 0.5) is 0 Å². The highest BCUT2D eigenvalue weighted by Gasteiger charge is 2.11. The fraction of sp³-hybridized carbons (Fsp3) is 0.167. The zero-order valence-electron chi connectivity index (χ0n) is 10.6. The SMILES string of the molecule is O=C(O)c1cn(CCNC(=O)c2cc(Br)ccc2Br)nn1. The van der Waals surface area contributed by atoms with Crippen molar-refractivity contribution >= 4 is 43.7 Å². The minimum absolute atomic E-state index is 0.129. The van der Waals surface area contributed by atoms with Gasteiger partial charge < -0.3 is 10.4 Å². The number of halogens is 2. The Morgan fingerprint density at radius 2 is 2.10 bits per heavy atom. The molecule has 0 unspecified atom stereocenters. The maximum atomic E-state index is 12.0. The molecule has 0 aliphatic carbocycles. The van der Waals surface area contributed by atoms with E-state index in [1.165, 1.54) is 10.9 Å². The molecular weight excluding hydrogens is 408 g/mol. The van der Waals surface area contributed by atoms with Crippen LogP contribution in [-0.2, 0) is 6.54 Å². The molecule has 1 aromatic heterocycles. The Balaban J connectivity index is 1.92. The number of nitrogens with zero attached hydrogens (tertiary/aromatic N) is 3. The lowest BCUT2D eigenvalue weighted by molar-refractivity contribution is 0.0690. The number of hydrogen-bond acceptors (Lipinski definition) is 4. The summed E-state index contributed by atoms with van der Waals surface area (Å²) in [5.41, 5.74) is 0.380. The highest BCUT2D eigenvalue weighted by Crippen LogP contribution is 2.21. The van der Waals surface area contributed by atoms with Gasteiger partial charge in [-0.15, -0.1) is 5.10 Å². The van der Waals surface area contributed by atoms with Gasteiger partial charge in [-0.2, -0.15) is 0 Å². The molecule has 0 radical (unpaired) electrons. The van der Waals surface area contributed by atoms with Gasteiger partial charge in [0, 0.05) is 15.5 Å². The first-order valence-corrected chi connectivity index (χ1v) is 7.42. The van der Waals surface area contributed by atoms with Gasteiger partial charge in [-0.1, -0.05) is 21.1 Å². The molecule has 2 N–H and O–H groups in total. The Labute approximate surface area is 136 Å². The van der Waals surface area contributed by atoms with Gasteiger partial charge >= 0.3 is 5.97 Å². The molecule has 0 fully saturated rings. The number of carbonyl (C=O) groups excluding carboxylic acids is 1. The summed E-state index contributed by atoms with van der Waals surface area (Å²) in [4.78, 5) is 22.7. The lowest BCUT2D eigenvalue weighted by Gasteiger charge is -2.07. The zero-order chi connectivity index (χ0) is 15.4. The summed E-state index contributed by atoms with van der Waals surface area (Å²) < 4.78 is 2.86. The molecule has 0 atom stereocenters. The number of aromatic carboxylic acids is 1. The summed E-state index contributed by atoms with van der Waals surface area (Å²) in [6.07, 6.45) is 1.31. The summed E-state index contributed by atoms with van der Waals surface area (Å²) >= 11 is 6.62. The molecule has 2 rings (SSSR count). The van der Waals surface area contributed by atoms with Crippen LogP contribution >= 0.6 is 31.9 Å². The van der Waals surface area contributed by atoms with E-state index in [9.17, 15) is 9.59 Å². The molecule has 1 amide bonds. The van der Waals surface area contributed by atoms with Crippen LogP contribution in [0, 0.1) is 0 Å². The molecule has 7 nitrogen and oxygen atoms in total. The molecule has 9 heteroatoms. The van der Waals surface area contributed by atoms with Crippen molar-refractivity contribution in [1.29, 1.82) is 0 Å². The predicted molar refractivity (Wildman–Crippen MR) is 81.2 cm³/mol. The summed E-state index contributed by atoms with van der Waals surface area (Å²) in [5, 5.41) is 18.6. The highest BCUT2D eigenvalue weighted by molar-refractivity contribution is 9.11. The van der Waals surface area contributed by atoms with Crippen LogP contribution in [0.5, 0.6) is 0 Å². The van der Waals surface area contributed by atoms with Crippen molar-refractivity contribution in [3.63, 3.8) is 0 Å². The normalized spacial score (nSPS) is 10.4. The van der Waals surface area contributed by atoms with Crippen molar-refractivity contribution in [3.05, 3.63) is 44.6 Å². The van der Waals surface area contributed by atoms with Gasteiger partial charge in [-0.3, -0.25) is 4.79 Å². The fourth-order valence-corrected chi connectivity index (χ4v) is 2.34. The average Bonchev–Trinajstić information content (AvgIpc) is 2.90. The first-order valence-electron chi connectivity index (χ1n) is 5.84. The van der Waals surface area contributed by atoms with E-state index in [1.807, 2.05) is 6.07 Å². The summed E-state index contributed by atoms with van der Waals surface area (Å²) in [7, 11) is 0. The molecule has 1 aromatic carbocycles. The lowest BCUT2D eigenvalue weighted by atomic mass is 10.2. The van der Waals surface area contributed by atoms with Crippen LogP contribution in [0.25, 0.3) is 0 Å². The first kappa shape index (κ1) is 15.6. The van der Waals surface area contributed by atoms with E-state index in [-0.39, 0.29) is 11.6 Å². The van der Waals surface area contributed by atoms with Gasteiger partial charge in [0.15, 0.2) is 5.69 Å². The molecule has 0 aliphatic heterocycles. The number of benzene rings is 1. The van der Waals surface area contributed by atoms with Crippen LogP contribution in [0.15, 0.2) is 33.3 Å². The monoisotopic (exact) mass is 416 g/mol. The Hall–Kier alpha value is -1.74. The van der Waals surface area contributed by atoms with Crippen molar-refractivity contribution in [2.75, 3.05) is 6.54 Å². The van der Waals surface area contributed by atoms with Crippen molar-refractivity contribution in [1.82, 2.24) is 20.3 Å². The van der Waals surface area contributed by atoms with E-state index in [2.05, 4.69) is 47.5 Å². The van der Waals surface area contributed by atoms with Gasteiger partial charge in [-0.25, -0.2) is 9.48 Å². The Morgan fingerprint density at radius 3 is 2.76 bits per heavy atom. The highest BCUT2D eigenvalue weighted by atomic mass is 79.9. The average molecular weight is 418 g/mol. The number of nitrogens with one attached hydrogen (secondary N) is 1. The van der Waals surface area contributed by atoms with Gasteiger partial charge in [0.2, 0.25) is 0 Å². The number of aromatic nitrogens is 3. The topological polar surface area (TPSA) is 97.1 Å². The number of amides is 1. The summed E-state index contributed by atoms with van der Waals surface area (Å²) in [5.74, 6) is -1.37. The van der Waals surface area contributed by atoms with Gasteiger partial charge in [0.1, 0.15) is 0 Å². The summed E-state index contributed by atoms with van der Waals surface area (Å²) in [6.45, 7) is 0.637. The van der Waals surface area contributed by atoms with Crippen molar-refractivity contribution in [3.8, 4) is 0 Å². The van der Waals surface area contributed by atoms with E-state index in [0.717, 1.165) is 4.47 Å². The van der Waals surface area contributed by atoms with Crippen molar-refractivity contribution < 1.29 is 14.7 Å². The Morgan fingerprint density at radius 1 is 1.33 bits per heavy atom. The largest absolute Gasteiger partial charge is 0.476 e. The molecule has 0 spiro atoms. The molecule has 0 aliphatic rings. The third-order valence-corrected chi connectivity index (χ3v) is 3.74. The predicted octanol–water partition coefficient (Wildman–Crippen LogP) is 1.93. The number of hydrogen-bond donors (Lipinski definition) is 2. The van der Waals surface area contributed by atoms with Crippen molar-refractivity contribution in [2.45, 2.75) is 6.54 Å². The molecule has 0 bridgehead atoms. The van der Waals surface area contributed by atoms with E-state index in [1.54, 1.807) is 12.1 Å². The molecule has 1 heterocycles. The van der Waals surface area contributed by atoms with E-state index < -0.39 is 5.97 Å². The summed E-state index contributed by atoms with van der Waals surface area (Å²) in [6, 6.07) is 5.30. The van der Waals surface area contributed by atoms with E-state index >= 15 is 0 Å². The molecule has 110 valence electrons. The lowest BCUT2D eigenvalue weighted by Crippen LogP contribution is -2.27. The quantitative estimate of drug-likeness (QED) is 0.774. The van der Waals surface area contributed by atoms with Crippen LogP contribution in [0.2, 0.25) is 0 Å². The molecule has 2 aromatic rings. The number of carbonyl (C=O) groups is 2. The first-order chi connectivity index (χ1) is 9.97. The van der Waals surface area contributed by atoms with Crippen LogP contribution < -0.4 is 5.32 Å².